The second kappa shape index (κ2) is 10.6. The number of carbonyl (C=O) groups excluding carboxylic acids is 1. The Morgan fingerprint density at radius 1 is 1.16 bits per heavy atom. The number of nitrogens with zero attached hydrogens (tertiary/aromatic N) is 1. The lowest BCUT2D eigenvalue weighted by Crippen LogP contribution is -2.45. The fraction of sp³-hybridized carbons (Fsp3) is 0.318. The van der Waals surface area contributed by atoms with Gasteiger partial charge in [-0.05, 0) is 55.7 Å². The molecule has 2 amide bonds. The van der Waals surface area contributed by atoms with Gasteiger partial charge in [0.2, 0.25) is 5.96 Å². The molecule has 0 spiro atoms. The quantitative estimate of drug-likeness (QED) is 0.329. The Bertz CT molecular complexity index is 1010. The minimum atomic E-state index is -0.906. The molecule has 170 valence electrons. The molecule has 0 saturated heterocycles. The van der Waals surface area contributed by atoms with E-state index in [-0.39, 0.29) is 19.0 Å². The van der Waals surface area contributed by atoms with E-state index in [2.05, 4.69) is 20.9 Å². The first kappa shape index (κ1) is 23.7. The molecule has 3 rings (SSSR count). The Labute approximate surface area is 196 Å². The molecule has 1 saturated carbocycles. The third-order valence-electron chi connectivity index (χ3n) is 4.95. The van der Waals surface area contributed by atoms with Crippen LogP contribution in [-0.2, 0) is 11.3 Å². The Kier molecular flexibility index (Phi) is 7.82. The molecular weight excluding hydrogens is 455 g/mol. The molecule has 0 unspecified atom stereocenters. The summed E-state index contributed by atoms with van der Waals surface area (Å²) in [5, 5.41) is 18.6. The zero-order valence-corrected chi connectivity index (χ0v) is 19.0. The van der Waals surface area contributed by atoms with Crippen LogP contribution in [-0.4, -0.2) is 36.2 Å². The van der Waals surface area contributed by atoms with Crippen molar-refractivity contribution in [1.82, 2.24) is 10.6 Å². The SMILES string of the molecule is CCOc1ccc(NC(=NCc2ccc(Cl)cc2)NC(=O)NCC2(C(=O)O)CC2)cc1Cl. The fourth-order valence-corrected chi connectivity index (χ4v) is 3.24. The maximum atomic E-state index is 12.4. The summed E-state index contributed by atoms with van der Waals surface area (Å²) in [5.41, 5.74) is 0.620. The highest BCUT2D eigenvalue weighted by Crippen LogP contribution is 2.45. The summed E-state index contributed by atoms with van der Waals surface area (Å²) >= 11 is 12.2. The van der Waals surface area contributed by atoms with Crippen LogP contribution in [0, 0.1) is 5.41 Å². The molecular formula is C22H24Cl2N4O4. The highest BCUT2D eigenvalue weighted by atomic mass is 35.5. The number of carboxylic acid groups (broad SMARTS) is 1. The van der Waals surface area contributed by atoms with Gasteiger partial charge in [-0.25, -0.2) is 9.79 Å². The number of urea groups is 1. The van der Waals surface area contributed by atoms with Crippen LogP contribution in [0.1, 0.15) is 25.3 Å². The van der Waals surface area contributed by atoms with Crippen LogP contribution < -0.4 is 20.7 Å². The largest absolute Gasteiger partial charge is 0.492 e. The first-order valence-electron chi connectivity index (χ1n) is 10.1. The molecule has 0 atom stereocenters. The highest BCUT2D eigenvalue weighted by molar-refractivity contribution is 6.32. The van der Waals surface area contributed by atoms with Gasteiger partial charge in [0.15, 0.2) is 0 Å². The molecule has 1 fully saturated rings. The Morgan fingerprint density at radius 3 is 2.47 bits per heavy atom. The third kappa shape index (κ3) is 6.51. The normalized spacial score (nSPS) is 14.4. The summed E-state index contributed by atoms with van der Waals surface area (Å²) < 4.78 is 5.44. The molecule has 32 heavy (non-hydrogen) atoms. The number of carboxylic acids is 1. The van der Waals surface area contributed by atoms with Crippen molar-refractivity contribution in [2.45, 2.75) is 26.3 Å². The number of aliphatic carboxylic acids is 1. The van der Waals surface area contributed by atoms with Crippen molar-refractivity contribution >= 4 is 46.8 Å². The van der Waals surface area contributed by atoms with E-state index in [9.17, 15) is 14.7 Å². The Balaban J connectivity index is 1.70. The average molecular weight is 479 g/mol. The van der Waals surface area contributed by atoms with Crippen molar-refractivity contribution in [2.75, 3.05) is 18.5 Å². The standard InChI is InChI=1S/C22H24Cl2N4O4/c1-2-32-18-8-7-16(11-17(18)24)27-20(25-12-14-3-5-15(23)6-4-14)28-21(31)26-13-22(9-10-22)19(29)30/h3-8,11H,2,9-10,12-13H2,1H3,(H,29,30)(H3,25,26,27,28,31). The van der Waals surface area contributed by atoms with Gasteiger partial charge in [0.1, 0.15) is 5.75 Å². The minimum absolute atomic E-state index is 0.0491. The monoisotopic (exact) mass is 478 g/mol. The van der Waals surface area contributed by atoms with E-state index in [4.69, 9.17) is 27.9 Å². The highest BCUT2D eigenvalue weighted by Gasteiger charge is 2.50. The summed E-state index contributed by atoms with van der Waals surface area (Å²) in [7, 11) is 0. The van der Waals surface area contributed by atoms with E-state index in [1.54, 1.807) is 30.3 Å². The number of rotatable bonds is 8. The molecule has 10 heteroatoms. The van der Waals surface area contributed by atoms with Gasteiger partial charge in [0, 0.05) is 17.3 Å². The van der Waals surface area contributed by atoms with Crippen LogP contribution in [0.4, 0.5) is 10.5 Å². The number of guanidine groups is 1. The van der Waals surface area contributed by atoms with Crippen LogP contribution >= 0.6 is 23.2 Å². The molecule has 1 aliphatic carbocycles. The lowest BCUT2D eigenvalue weighted by Gasteiger charge is -2.15. The summed E-state index contributed by atoms with van der Waals surface area (Å²) in [6.45, 7) is 2.68. The number of carbonyl (C=O) groups is 2. The van der Waals surface area contributed by atoms with Gasteiger partial charge in [0.25, 0.3) is 0 Å². The van der Waals surface area contributed by atoms with Gasteiger partial charge < -0.3 is 20.5 Å². The molecule has 2 aromatic carbocycles. The summed E-state index contributed by atoms with van der Waals surface area (Å²) in [5.74, 6) is -0.178. The van der Waals surface area contributed by atoms with Gasteiger partial charge in [-0.1, -0.05) is 35.3 Å². The molecule has 0 aliphatic heterocycles. The molecule has 4 N–H and O–H groups in total. The molecule has 1 aliphatic rings. The van der Waals surface area contributed by atoms with Crippen LogP contribution in [0.5, 0.6) is 5.75 Å². The molecule has 0 radical (unpaired) electrons. The second-order valence-corrected chi connectivity index (χ2v) is 8.23. The number of halogens is 2. The number of amides is 2. The van der Waals surface area contributed by atoms with E-state index in [0.717, 1.165) is 5.56 Å². The first-order chi connectivity index (χ1) is 15.3. The number of hydrogen-bond donors (Lipinski definition) is 4. The number of ether oxygens (including phenoxy) is 1. The van der Waals surface area contributed by atoms with Crippen molar-refractivity contribution in [1.29, 1.82) is 0 Å². The van der Waals surface area contributed by atoms with Crippen LogP contribution in [0.3, 0.4) is 0 Å². The molecule has 8 nitrogen and oxygen atoms in total. The second-order valence-electron chi connectivity index (χ2n) is 7.39. The van der Waals surface area contributed by atoms with Gasteiger partial charge in [0.05, 0.1) is 23.6 Å². The topological polar surface area (TPSA) is 112 Å². The third-order valence-corrected chi connectivity index (χ3v) is 5.50. The smallest absolute Gasteiger partial charge is 0.321 e. The van der Waals surface area contributed by atoms with Crippen LogP contribution in [0.2, 0.25) is 10.0 Å². The predicted molar refractivity (Wildman–Crippen MR) is 125 cm³/mol. The van der Waals surface area contributed by atoms with Crippen molar-refractivity contribution in [3.8, 4) is 5.75 Å². The number of anilines is 1. The van der Waals surface area contributed by atoms with Gasteiger partial charge in [-0.2, -0.15) is 0 Å². The Hall–Kier alpha value is -2.97. The number of hydrogen-bond acceptors (Lipinski definition) is 4. The maximum Gasteiger partial charge on any atom is 0.321 e. The summed E-state index contributed by atoms with van der Waals surface area (Å²) in [4.78, 5) is 28.2. The van der Waals surface area contributed by atoms with E-state index in [1.807, 2.05) is 19.1 Å². The Morgan fingerprint density at radius 2 is 1.88 bits per heavy atom. The van der Waals surface area contributed by atoms with Crippen molar-refractivity contribution in [3.05, 3.63) is 58.1 Å². The molecule has 2 aromatic rings. The van der Waals surface area contributed by atoms with Gasteiger partial charge in [-0.3, -0.25) is 10.1 Å². The van der Waals surface area contributed by atoms with Crippen LogP contribution in [0.25, 0.3) is 0 Å². The average Bonchev–Trinajstić information content (AvgIpc) is 3.55. The zero-order valence-electron chi connectivity index (χ0n) is 17.5. The predicted octanol–water partition coefficient (Wildman–Crippen LogP) is 4.52. The fourth-order valence-electron chi connectivity index (χ4n) is 2.88. The number of aliphatic imine (C=N–C) groups is 1. The zero-order chi connectivity index (χ0) is 23.1. The van der Waals surface area contributed by atoms with Crippen molar-refractivity contribution in [3.63, 3.8) is 0 Å². The van der Waals surface area contributed by atoms with Gasteiger partial charge in [-0.15, -0.1) is 0 Å². The first-order valence-corrected chi connectivity index (χ1v) is 10.8. The molecule has 0 bridgehead atoms. The lowest BCUT2D eigenvalue weighted by atomic mass is 10.1. The summed E-state index contributed by atoms with van der Waals surface area (Å²) in [6.07, 6.45) is 1.09. The molecule has 0 aromatic heterocycles. The maximum absolute atomic E-state index is 12.4. The number of nitrogens with one attached hydrogen (secondary N) is 3. The summed E-state index contributed by atoms with van der Waals surface area (Å²) in [6, 6.07) is 11.7. The van der Waals surface area contributed by atoms with E-state index >= 15 is 0 Å². The van der Waals surface area contributed by atoms with Crippen molar-refractivity contribution in [2.24, 2.45) is 10.4 Å². The van der Waals surface area contributed by atoms with E-state index in [1.165, 1.54) is 0 Å². The van der Waals surface area contributed by atoms with Gasteiger partial charge >= 0.3 is 12.0 Å². The number of benzene rings is 2. The van der Waals surface area contributed by atoms with Crippen molar-refractivity contribution < 1.29 is 19.4 Å². The van der Waals surface area contributed by atoms with Crippen LogP contribution in [0.15, 0.2) is 47.5 Å². The minimum Gasteiger partial charge on any atom is -0.492 e. The lowest BCUT2D eigenvalue weighted by molar-refractivity contribution is -0.143. The van der Waals surface area contributed by atoms with E-state index < -0.39 is 17.4 Å². The molecule has 0 heterocycles. The van der Waals surface area contributed by atoms with E-state index in [0.29, 0.717) is 40.9 Å².